The molecule has 0 unspecified atom stereocenters. The van der Waals surface area contributed by atoms with Crippen LogP contribution in [-0.2, 0) is 11.2 Å². The zero-order chi connectivity index (χ0) is 13.9. The molecule has 1 aliphatic rings. The molecule has 106 valence electrons. The third-order valence-corrected chi connectivity index (χ3v) is 4.45. The Bertz CT molecular complexity index is 596. The van der Waals surface area contributed by atoms with Crippen LogP contribution in [0.25, 0.3) is 10.9 Å². The van der Waals surface area contributed by atoms with Gasteiger partial charge in [0.05, 0.1) is 6.42 Å². The highest BCUT2D eigenvalue weighted by Gasteiger charge is 2.20. The van der Waals surface area contributed by atoms with Gasteiger partial charge in [0.1, 0.15) is 0 Å². The number of aromatic amines is 1. The summed E-state index contributed by atoms with van der Waals surface area (Å²) >= 11 is 0. The molecule has 0 spiro atoms. The summed E-state index contributed by atoms with van der Waals surface area (Å²) in [6.07, 6.45) is 7.68. The van der Waals surface area contributed by atoms with Crippen LogP contribution in [0.2, 0.25) is 0 Å². The summed E-state index contributed by atoms with van der Waals surface area (Å²) in [5.41, 5.74) is 2.21. The highest BCUT2D eigenvalue weighted by Crippen LogP contribution is 2.25. The van der Waals surface area contributed by atoms with Crippen molar-refractivity contribution in [3.63, 3.8) is 0 Å². The lowest BCUT2D eigenvalue weighted by Gasteiger charge is -2.21. The second-order valence-electron chi connectivity index (χ2n) is 5.96. The molecule has 0 bridgehead atoms. The Morgan fingerprint density at radius 2 is 2.05 bits per heavy atom. The van der Waals surface area contributed by atoms with Crippen LogP contribution < -0.4 is 0 Å². The number of benzene rings is 1. The first-order valence-corrected chi connectivity index (χ1v) is 7.53. The number of hydrogen-bond acceptors (Lipinski definition) is 1. The highest BCUT2D eigenvalue weighted by molar-refractivity contribution is 5.88. The van der Waals surface area contributed by atoms with Crippen molar-refractivity contribution < 1.29 is 4.79 Å². The fourth-order valence-electron chi connectivity index (χ4n) is 3.26. The normalized spacial score (nSPS) is 15.8. The molecule has 3 rings (SSSR count). The number of fused-ring (bicyclic) bond motifs is 1. The van der Waals surface area contributed by atoms with Gasteiger partial charge in [0.15, 0.2) is 0 Å². The van der Waals surface area contributed by atoms with E-state index >= 15 is 0 Å². The number of para-hydroxylation sites is 1. The van der Waals surface area contributed by atoms with Gasteiger partial charge in [-0.25, -0.2) is 0 Å². The largest absolute Gasteiger partial charge is 0.361 e. The maximum Gasteiger partial charge on any atom is 0.226 e. The van der Waals surface area contributed by atoms with Crippen molar-refractivity contribution in [2.24, 2.45) is 5.92 Å². The minimum Gasteiger partial charge on any atom is -0.361 e. The van der Waals surface area contributed by atoms with Gasteiger partial charge in [0, 0.05) is 30.7 Å². The number of nitrogens with zero attached hydrogens (tertiary/aromatic N) is 1. The molecule has 20 heavy (non-hydrogen) atoms. The van der Waals surface area contributed by atoms with Gasteiger partial charge in [-0.1, -0.05) is 31.0 Å². The lowest BCUT2D eigenvalue weighted by molar-refractivity contribution is -0.129. The number of nitrogens with one attached hydrogen (secondary N) is 1. The molecule has 1 aromatic heterocycles. The van der Waals surface area contributed by atoms with Crippen LogP contribution in [0.15, 0.2) is 30.5 Å². The number of aromatic nitrogens is 1. The average Bonchev–Trinajstić information content (AvgIpc) is 3.09. The quantitative estimate of drug-likeness (QED) is 0.908. The average molecular weight is 270 g/mol. The minimum atomic E-state index is 0.224. The van der Waals surface area contributed by atoms with Gasteiger partial charge < -0.3 is 9.88 Å². The minimum absolute atomic E-state index is 0.224. The molecule has 2 aromatic rings. The number of amides is 1. The number of likely N-dealkylation sites (N-methyl/N-ethyl adjacent to an activating group) is 1. The molecule has 1 fully saturated rings. The van der Waals surface area contributed by atoms with Crippen LogP contribution in [0.1, 0.15) is 31.2 Å². The van der Waals surface area contributed by atoms with Crippen molar-refractivity contribution in [3.8, 4) is 0 Å². The second-order valence-corrected chi connectivity index (χ2v) is 5.96. The molecule has 0 saturated heterocycles. The van der Waals surface area contributed by atoms with E-state index < -0.39 is 0 Å². The van der Waals surface area contributed by atoms with E-state index in [-0.39, 0.29) is 5.91 Å². The molecule has 1 aromatic carbocycles. The molecule has 0 atom stereocenters. The van der Waals surface area contributed by atoms with E-state index in [9.17, 15) is 4.79 Å². The topological polar surface area (TPSA) is 36.1 Å². The number of carbonyl (C=O) groups excluding carboxylic acids is 1. The Hall–Kier alpha value is -1.77. The summed E-state index contributed by atoms with van der Waals surface area (Å²) < 4.78 is 0. The van der Waals surface area contributed by atoms with E-state index in [2.05, 4.69) is 11.1 Å². The van der Waals surface area contributed by atoms with Gasteiger partial charge >= 0.3 is 0 Å². The predicted molar refractivity (Wildman–Crippen MR) is 81.6 cm³/mol. The van der Waals surface area contributed by atoms with Crippen LogP contribution in [0.4, 0.5) is 0 Å². The molecule has 1 amide bonds. The van der Waals surface area contributed by atoms with Gasteiger partial charge in [-0.15, -0.1) is 0 Å². The van der Waals surface area contributed by atoms with Gasteiger partial charge in [-0.2, -0.15) is 0 Å². The number of hydrogen-bond donors (Lipinski definition) is 1. The molecule has 3 nitrogen and oxygen atoms in total. The van der Waals surface area contributed by atoms with E-state index in [1.165, 1.54) is 25.7 Å². The summed E-state index contributed by atoms with van der Waals surface area (Å²) in [6.45, 7) is 0.918. The fourth-order valence-corrected chi connectivity index (χ4v) is 3.26. The molecule has 1 heterocycles. The first kappa shape index (κ1) is 13.2. The molecule has 3 heteroatoms. The van der Waals surface area contributed by atoms with Crippen LogP contribution >= 0.6 is 0 Å². The van der Waals surface area contributed by atoms with Crippen molar-refractivity contribution in [2.75, 3.05) is 13.6 Å². The third-order valence-electron chi connectivity index (χ3n) is 4.45. The zero-order valence-corrected chi connectivity index (χ0v) is 12.1. The Labute approximate surface area is 120 Å². The maximum atomic E-state index is 12.4. The Morgan fingerprint density at radius 1 is 1.30 bits per heavy atom. The summed E-state index contributed by atoms with van der Waals surface area (Å²) in [6, 6.07) is 8.15. The lowest BCUT2D eigenvalue weighted by atomic mass is 10.1. The van der Waals surface area contributed by atoms with Gasteiger partial charge in [0.25, 0.3) is 0 Å². The van der Waals surface area contributed by atoms with Crippen molar-refractivity contribution in [1.29, 1.82) is 0 Å². The molecule has 1 N–H and O–H groups in total. The second kappa shape index (κ2) is 5.70. The van der Waals surface area contributed by atoms with Crippen molar-refractivity contribution in [1.82, 2.24) is 9.88 Å². The summed E-state index contributed by atoms with van der Waals surface area (Å²) in [7, 11) is 1.94. The van der Waals surface area contributed by atoms with Gasteiger partial charge in [-0.05, 0) is 30.4 Å². The van der Waals surface area contributed by atoms with Gasteiger partial charge in [0.2, 0.25) is 5.91 Å². The SMILES string of the molecule is CN(CC1CCCC1)C(=O)Cc1c[nH]c2ccccc12. The fraction of sp³-hybridized carbons (Fsp3) is 0.471. The van der Waals surface area contributed by atoms with Gasteiger partial charge in [-0.3, -0.25) is 4.79 Å². The van der Waals surface area contributed by atoms with Crippen LogP contribution in [0.5, 0.6) is 0 Å². The van der Waals surface area contributed by atoms with Crippen LogP contribution in [0.3, 0.4) is 0 Å². The molecule has 1 saturated carbocycles. The van der Waals surface area contributed by atoms with Crippen LogP contribution in [0, 0.1) is 5.92 Å². The first-order chi connectivity index (χ1) is 9.74. The summed E-state index contributed by atoms with van der Waals surface area (Å²) in [4.78, 5) is 17.5. The van der Waals surface area contributed by atoms with E-state index in [0.717, 1.165) is 23.0 Å². The maximum absolute atomic E-state index is 12.4. The number of rotatable bonds is 4. The molecular weight excluding hydrogens is 248 g/mol. The Morgan fingerprint density at radius 3 is 2.85 bits per heavy atom. The molecule has 0 radical (unpaired) electrons. The lowest BCUT2D eigenvalue weighted by Crippen LogP contribution is -2.32. The highest BCUT2D eigenvalue weighted by atomic mass is 16.2. The van der Waals surface area contributed by atoms with E-state index in [4.69, 9.17) is 0 Å². The summed E-state index contributed by atoms with van der Waals surface area (Å²) in [5.74, 6) is 0.938. The van der Waals surface area contributed by atoms with Crippen molar-refractivity contribution in [3.05, 3.63) is 36.0 Å². The molecule has 0 aliphatic heterocycles. The smallest absolute Gasteiger partial charge is 0.226 e. The first-order valence-electron chi connectivity index (χ1n) is 7.53. The number of H-pyrrole nitrogens is 1. The third kappa shape index (κ3) is 2.72. The molecule has 1 aliphatic carbocycles. The Balaban J connectivity index is 1.65. The van der Waals surface area contributed by atoms with Crippen molar-refractivity contribution >= 4 is 16.8 Å². The van der Waals surface area contributed by atoms with Crippen LogP contribution in [-0.4, -0.2) is 29.4 Å². The predicted octanol–water partition coefficient (Wildman–Crippen LogP) is 3.36. The van der Waals surface area contributed by atoms with E-state index in [1.807, 2.05) is 36.3 Å². The van der Waals surface area contributed by atoms with E-state index in [1.54, 1.807) is 0 Å². The Kier molecular flexibility index (Phi) is 3.77. The monoisotopic (exact) mass is 270 g/mol. The summed E-state index contributed by atoms with van der Waals surface area (Å²) in [5, 5.41) is 1.16. The van der Waals surface area contributed by atoms with Crippen molar-refractivity contribution in [2.45, 2.75) is 32.1 Å². The van der Waals surface area contributed by atoms with E-state index in [0.29, 0.717) is 12.3 Å². The zero-order valence-electron chi connectivity index (χ0n) is 12.1. The molecular formula is C17H22N2O. The number of carbonyl (C=O) groups is 1. The standard InChI is InChI=1S/C17H22N2O/c1-19(12-13-6-2-3-7-13)17(20)10-14-11-18-16-9-5-4-8-15(14)16/h4-5,8-9,11,13,18H,2-3,6-7,10,12H2,1H3.